The highest BCUT2D eigenvalue weighted by Gasteiger charge is 2.04. The van der Waals surface area contributed by atoms with Crippen molar-refractivity contribution in [3.05, 3.63) is 36.5 Å². The normalized spacial score (nSPS) is 9.93. The zero-order chi connectivity index (χ0) is 10.7. The van der Waals surface area contributed by atoms with E-state index in [1.54, 1.807) is 25.5 Å². The molecule has 2 heterocycles. The fraction of sp³-hybridized carbons (Fsp3) is 0.111. The summed E-state index contributed by atoms with van der Waals surface area (Å²) in [5.41, 5.74) is 0.515. The average molecular weight is 203 g/mol. The van der Waals surface area contributed by atoms with Crippen molar-refractivity contribution in [1.82, 2.24) is 25.1 Å². The SMILES string of the molecule is CNC(=O)c1ccc(-n2cncn2)nc1. The van der Waals surface area contributed by atoms with Gasteiger partial charge < -0.3 is 5.32 Å². The molecular formula is C9H9N5O. The van der Waals surface area contributed by atoms with Crippen molar-refractivity contribution in [3.63, 3.8) is 0 Å². The van der Waals surface area contributed by atoms with Gasteiger partial charge in [0, 0.05) is 13.2 Å². The molecule has 0 aliphatic rings. The molecule has 0 fully saturated rings. The van der Waals surface area contributed by atoms with Crippen LogP contribution < -0.4 is 5.32 Å². The standard InChI is InChI=1S/C9H9N5O/c1-10-9(15)7-2-3-8(12-4-7)14-6-11-5-13-14/h2-6H,1H3,(H,10,15). The number of nitrogens with zero attached hydrogens (tertiary/aromatic N) is 4. The second kappa shape index (κ2) is 3.87. The molecule has 1 N–H and O–H groups in total. The van der Waals surface area contributed by atoms with E-state index in [0.29, 0.717) is 11.4 Å². The van der Waals surface area contributed by atoms with E-state index in [2.05, 4.69) is 20.4 Å². The highest BCUT2D eigenvalue weighted by molar-refractivity contribution is 5.93. The summed E-state index contributed by atoms with van der Waals surface area (Å²) in [4.78, 5) is 19.1. The van der Waals surface area contributed by atoms with Crippen LogP contribution in [0.1, 0.15) is 10.4 Å². The van der Waals surface area contributed by atoms with E-state index in [1.807, 2.05) is 0 Å². The summed E-state index contributed by atoms with van der Waals surface area (Å²) >= 11 is 0. The molecule has 0 bridgehead atoms. The summed E-state index contributed by atoms with van der Waals surface area (Å²) in [7, 11) is 1.58. The summed E-state index contributed by atoms with van der Waals surface area (Å²) in [6.45, 7) is 0. The molecule has 0 spiro atoms. The van der Waals surface area contributed by atoms with Gasteiger partial charge in [-0.1, -0.05) is 0 Å². The van der Waals surface area contributed by atoms with Crippen molar-refractivity contribution in [2.45, 2.75) is 0 Å². The van der Waals surface area contributed by atoms with Crippen LogP contribution in [0.25, 0.3) is 5.82 Å². The molecule has 2 aromatic rings. The highest BCUT2D eigenvalue weighted by atomic mass is 16.1. The van der Waals surface area contributed by atoms with Gasteiger partial charge in [0.15, 0.2) is 5.82 Å². The Balaban J connectivity index is 2.29. The smallest absolute Gasteiger partial charge is 0.252 e. The van der Waals surface area contributed by atoms with Crippen LogP contribution in [0.15, 0.2) is 31.0 Å². The molecule has 2 aromatic heterocycles. The summed E-state index contributed by atoms with van der Waals surface area (Å²) in [5.74, 6) is 0.466. The third-order valence-corrected chi connectivity index (χ3v) is 1.89. The van der Waals surface area contributed by atoms with E-state index in [0.717, 1.165) is 0 Å². The molecule has 2 rings (SSSR count). The molecule has 0 unspecified atom stereocenters. The first-order valence-corrected chi connectivity index (χ1v) is 4.34. The van der Waals surface area contributed by atoms with E-state index < -0.39 is 0 Å². The third-order valence-electron chi connectivity index (χ3n) is 1.89. The Morgan fingerprint density at radius 3 is 2.87 bits per heavy atom. The van der Waals surface area contributed by atoms with Crippen LogP contribution in [-0.4, -0.2) is 32.7 Å². The number of nitrogens with one attached hydrogen (secondary N) is 1. The number of pyridine rings is 1. The number of rotatable bonds is 2. The third kappa shape index (κ3) is 1.83. The second-order valence-corrected chi connectivity index (χ2v) is 2.82. The Morgan fingerprint density at radius 2 is 2.33 bits per heavy atom. The number of hydrogen-bond donors (Lipinski definition) is 1. The number of aromatic nitrogens is 4. The Bertz CT molecular complexity index is 448. The minimum absolute atomic E-state index is 0.160. The fourth-order valence-corrected chi connectivity index (χ4v) is 1.13. The first-order valence-electron chi connectivity index (χ1n) is 4.34. The van der Waals surface area contributed by atoms with Gasteiger partial charge in [-0.05, 0) is 12.1 Å². The fourth-order valence-electron chi connectivity index (χ4n) is 1.13. The number of carbonyl (C=O) groups excluding carboxylic acids is 1. The molecule has 76 valence electrons. The van der Waals surface area contributed by atoms with Crippen LogP contribution in [0, 0.1) is 0 Å². The zero-order valence-corrected chi connectivity index (χ0v) is 8.08. The minimum atomic E-state index is -0.160. The van der Waals surface area contributed by atoms with Gasteiger partial charge in [0.25, 0.3) is 5.91 Å². The molecular weight excluding hydrogens is 194 g/mol. The van der Waals surface area contributed by atoms with Crippen LogP contribution >= 0.6 is 0 Å². The quantitative estimate of drug-likeness (QED) is 0.746. The molecule has 0 aliphatic heterocycles. The molecule has 0 saturated carbocycles. The van der Waals surface area contributed by atoms with Crippen LogP contribution in [0.5, 0.6) is 0 Å². The van der Waals surface area contributed by atoms with Gasteiger partial charge in [-0.2, -0.15) is 5.10 Å². The predicted molar refractivity (Wildman–Crippen MR) is 52.5 cm³/mol. The van der Waals surface area contributed by atoms with Crippen molar-refractivity contribution in [1.29, 1.82) is 0 Å². The Hall–Kier alpha value is -2.24. The van der Waals surface area contributed by atoms with Gasteiger partial charge in [0.05, 0.1) is 5.56 Å². The van der Waals surface area contributed by atoms with Gasteiger partial charge >= 0.3 is 0 Å². The van der Waals surface area contributed by atoms with Gasteiger partial charge in [0.1, 0.15) is 12.7 Å². The molecule has 6 nitrogen and oxygen atoms in total. The molecule has 0 saturated heterocycles. The lowest BCUT2D eigenvalue weighted by molar-refractivity contribution is 0.0963. The largest absolute Gasteiger partial charge is 0.355 e. The topological polar surface area (TPSA) is 72.7 Å². The van der Waals surface area contributed by atoms with E-state index in [4.69, 9.17) is 0 Å². The maximum absolute atomic E-state index is 11.2. The predicted octanol–water partition coefficient (Wildman–Crippen LogP) is 0.0219. The van der Waals surface area contributed by atoms with Crippen molar-refractivity contribution >= 4 is 5.91 Å². The summed E-state index contributed by atoms with van der Waals surface area (Å²) in [5, 5.41) is 6.45. The van der Waals surface area contributed by atoms with Gasteiger partial charge in [-0.3, -0.25) is 4.79 Å². The van der Waals surface area contributed by atoms with Crippen molar-refractivity contribution in [3.8, 4) is 5.82 Å². The molecule has 0 radical (unpaired) electrons. The minimum Gasteiger partial charge on any atom is -0.355 e. The summed E-state index contributed by atoms with van der Waals surface area (Å²) in [6.07, 6.45) is 4.46. The van der Waals surface area contributed by atoms with Crippen molar-refractivity contribution in [2.75, 3.05) is 7.05 Å². The number of hydrogen-bond acceptors (Lipinski definition) is 4. The van der Waals surface area contributed by atoms with E-state index in [1.165, 1.54) is 17.2 Å². The van der Waals surface area contributed by atoms with Crippen LogP contribution in [0.4, 0.5) is 0 Å². The molecule has 0 atom stereocenters. The second-order valence-electron chi connectivity index (χ2n) is 2.82. The summed E-state index contributed by atoms with van der Waals surface area (Å²) in [6, 6.07) is 3.39. The van der Waals surface area contributed by atoms with Crippen molar-refractivity contribution in [2.24, 2.45) is 0 Å². The van der Waals surface area contributed by atoms with Crippen molar-refractivity contribution < 1.29 is 4.79 Å². The molecule has 0 aliphatic carbocycles. The number of amides is 1. The average Bonchev–Trinajstić information content (AvgIpc) is 2.82. The monoisotopic (exact) mass is 203 g/mol. The first kappa shape index (κ1) is 9.32. The van der Waals surface area contributed by atoms with Gasteiger partial charge in [-0.25, -0.2) is 14.6 Å². The van der Waals surface area contributed by atoms with Gasteiger partial charge in [-0.15, -0.1) is 0 Å². The lowest BCUT2D eigenvalue weighted by Crippen LogP contribution is -2.18. The van der Waals surface area contributed by atoms with E-state index in [-0.39, 0.29) is 5.91 Å². The Labute approximate surface area is 86.0 Å². The lowest BCUT2D eigenvalue weighted by Gasteiger charge is -2.01. The Morgan fingerprint density at radius 1 is 1.47 bits per heavy atom. The highest BCUT2D eigenvalue weighted by Crippen LogP contribution is 2.03. The summed E-state index contributed by atoms with van der Waals surface area (Å²) < 4.78 is 1.52. The maximum atomic E-state index is 11.2. The lowest BCUT2D eigenvalue weighted by atomic mass is 10.2. The van der Waals surface area contributed by atoms with Crippen LogP contribution in [0.2, 0.25) is 0 Å². The van der Waals surface area contributed by atoms with E-state index >= 15 is 0 Å². The van der Waals surface area contributed by atoms with Crippen LogP contribution in [0.3, 0.4) is 0 Å². The zero-order valence-electron chi connectivity index (χ0n) is 8.08. The van der Waals surface area contributed by atoms with Crippen LogP contribution in [-0.2, 0) is 0 Å². The molecule has 6 heteroatoms. The number of carbonyl (C=O) groups is 1. The maximum Gasteiger partial charge on any atom is 0.252 e. The van der Waals surface area contributed by atoms with E-state index in [9.17, 15) is 4.79 Å². The molecule has 15 heavy (non-hydrogen) atoms. The van der Waals surface area contributed by atoms with Gasteiger partial charge in [0.2, 0.25) is 0 Å². The first-order chi connectivity index (χ1) is 7.31. The Kier molecular flexibility index (Phi) is 2.40. The molecule has 0 aromatic carbocycles. The molecule has 1 amide bonds.